The molecule has 18 nitrogen and oxygen atoms in total. The number of aromatic hydroxyl groups is 2. The van der Waals surface area contributed by atoms with Crippen molar-refractivity contribution >= 4 is 22.8 Å². The number of carboxylic acids is 1. The Morgan fingerprint density at radius 1 is 1.04 bits per heavy atom. The van der Waals surface area contributed by atoms with Gasteiger partial charge in [-0.1, -0.05) is 12.1 Å². The number of carbonyl (C=O) groups is 1. The molecule has 7 unspecified atom stereocenters. The van der Waals surface area contributed by atoms with Crippen LogP contribution in [0.25, 0.3) is 22.3 Å². The number of anilines is 1. The van der Waals surface area contributed by atoms with Gasteiger partial charge >= 0.3 is 5.97 Å². The van der Waals surface area contributed by atoms with Crippen LogP contribution in [-0.4, -0.2) is 103 Å². The number of carboxylic acid groups (broad SMARTS) is 1. The lowest BCUT2D eigenvalue weighted by atomic mass is 9.79. The van der Waals surface area contributed by atoms with Gasteiger partial charge in [-0.05, 0) is 60.5 Å². The van der Waals surface area contributed by atoms with Crippen molar-refractivity contribution in [1.29, 1.82) is 0 Å². The molecular weight excluding hydrogens is 736 g/mol. The number of hydrogen-bond donors (Lipinski definition) is 11. The Balaban J connectivity index is 1.20. The Bertz CT molecular complexity index is 2260. The van der Waals surface area contributed by atoms with Crippen LogP contribution in [0.3, 0.4) is 0 Å². The summed E-state index contributed by atoms with van der Waals surface area (Å²) in [6.07, 6.45) is -9.41. The maximum atomic E-state index is 13.6. The molecule has 5 aromatic rings. The molecule has 2 fully saturated rings. The minimum absolute atomic E-state index is 0.0603. The molecule has 296 valence electrons. The van der Waals surface area contributed by atoms with Crippen LogP contribution >= 0.6 is 0 Å². The number of ether oxygens (including phenoxy) is 4. The molecule has 3 aromatic carbocycles. The van der Waals surface area contributed by atoms with Gasteiger partial charge in [0.1, 0.15) is 71.2 Å². The van der Waals surface area contributed by atoms with Crippen molar-refractivity contribution in [3.63, 3.8) is 0 Å². The van der Waals surface area contributed by atoms with Crippen LogP contribution in [0.1, 0.15) is 23.8 Å². The van der Waals surface area contributed by atoms with E-state index in [1.165, 1.54) is 12.1 Å². The molecule has 0 amide bonds. The number of H-pyrrole nitrogens is 1. The van der Waals surface area contributed by atoms with Gasteiger partial charge in [0.2, 0.25) is 12.0 Å². The summed E-state index contributed by atoms with van der Waals surface area (Å²) >= 11 is 0. The molecule has 0 aliphatic carbocycles. The van der Waals surface area contributed by atoms with Crippen molar-refractivity contribution < 1.29 is 63.9 Å². The van der Waals surface area contributed by atoms with Gasteiger partial charge in [0.15, 0.2) is 23.0 Å². The van der Waals surface area contributed by atoms with Crippen LogP contribution in [-0.2, 0) is 16.1 Å². The summed E-state index contributed by atoms with van der Waals surface area (Å²) in [5.74, 6) is -2.43. The Labute approximate surface area is 317 Å². The number of nitrogen functional groups attached to an aromatic ring is 1. The standard InChI is InChI=1S/C38H40N4O14/c39-29-9-8-23(42-29)25(45)16-52-22-6-4-19(5-7-22)26-11-24(44)30-27(54-26)12-28(33(31(30)46)53-15-18-2-1-3-21(43)10-18)55-37-32(47)34(48)38(51,35(56-37)36(49)50)13-20-14-40-17-41-20/h1-12,20,25,32,34-35,37,40-43,45-48,51H,13-17,39H2,(H,49,50). The number of aliphatic carboxylic acids is 1. The van der Waals surface area contributed by atoms with Gasteiger partial charge in [0.25, 0.3) is 0 Å². The Morgan fingerprint density at radius 2 is 1.82 bits per heavy atom. The second kappa shape index (κ2) is 15.7. The van der Waals surface area contributed by atoms with Crippen LogP contribution in [0.5, 0.6) is 28.7 Å². The van der Waals surface area contributed by atoms with Crippen molar-refractivity contribution in [1.82, 2.24) is 15.6 Å². The number of aliphatic hydroxyl groups excluding tert-OH is 3. The topological polar surface area (TPSA) is 292 Å². The lowest BCUT2D eigenvalue weighted by Crippen LogP contribution is -2.70. The maximum absolute atomic E-state index is 13.6. The van der Waals surface area contributed by atoms with E-state index >= 15 is 0 Å². The predicted octanol–water partition coefficient (Wildman–Crippen LogP) is 1.02. The maximum Gasteiger partial charge on any atom is 0.336 e. The number of fused-ring (bicyclic) bond motifs is 1. The minimum atomic E-state index is -2.45. The molecule has 7 rings (SSSR count). The average Bonchev–Trinajstić information content (AvgIpc) is 3.85. The molecular formula is C38H40N4O14. The van der Waals surface area contributed by atoms with E-state index in [9.17, 15) is 45.3 Å². The molecule has 0 radical (unpaired) electrons. The Hall–Kier alpha value is -5.86. The first-order valence-electron chi connectivity index (χ1n) is 17.5. The monoisotopic (exact) mass is 776 g/mol. The second-order valence-electron chi connectivity index (χ2n) is 13.6. The van der Waals surface area contributed by atoms with Gasteiger partial charge in [-0.15, -0.1) is 0 Å². The molecule has 2 aliphatic heterocycles. The van der Waals surface area contributed by atoms with Crippen molar-refractivity contribution in [3.05, 3.63) is 94.3 Å². The fourth-order valence-corrected chi connectivity index (χ4v) is 6.77. The molecule has 2 saturated heterocycles. The van der Waals surface area contributed by atoms with E-state index in [4.69, 9.17) is 29.1 Å². The summed E-state index contributed by atoms with van der Waals surface area (Å²) in [7, 11) is 0. The number of nitrogens with two attached hydrogens (primary N) is 1. The molecule has 0 spiro atoms. The molecule has 7 atom stereocenters. The van der Waals surface area contributed by atoms with Gasteiger partial charge < -0.3 is 80.5 Å². The summed E-state index contributed by atoms with van der Waals surface area (Å²) < 4.78 is 29.2. The predicted molar refractivity (Wildman–Crippen MR) is 196 cm³/mol. The van der Waals surface area contributed by atoms with E-state index in [1.807, 2.05) is 0 Å². The highest BCUT2D eigenvalue weighted by atomic mass is 16.7. The summed E-state index contributed by atoms with van der Waals surface area (Å²) in [5.41, 5.74) is 3.68. The van der Waals surface area contributed by atoms with E-state index < -0.39 is 71.0 Å². The first-order valence-corrected chi connectivity index (χ1v) is 17.5. The summed E-state index contributed by atoms with van der Waals surface area (Å²) in [4.78, 5) is 28.8. The fraction of sp³-hybridized carbons (Fsp3) is 0.316. The van der Waals surface area contributed by atoms with E-state index in [0.29, 0.717) is 41.6 Å². The van der Waals surface area contributed by atoms with Gasteiger partial charge in [-0.3, -0.25) is 4.79 Å². The zero-order valence-electron chi connectivity index (χ0n) is 29.5. The third kappa shape index (κ3) is 7.80. The van der Waals surface area contributed by atoms with Crippen LogP contribution in [0.4, 0.5) is 5.82 Å². The number of phenolic OH excluding ortho intramolecular Hbond substituents is 2. The van der Waals surface area contributed by atoms with Gasteiger partial charge in [-0.2, -0.15) is 0 Å². The van der Waals surface area contributed by atoms with E-state index in [0.717, 1.165) is 12.1 Å². The first-order chi connectivity index (χ1) is 26.8. The smallest absolute Gasteiger partial charge is 0.336 e. The Kier molecular flexibility index (Phi) is 10.8. The zero-order chi connectivity index (χ0) is 39.7. The number of nitrogens with one attached hydrogen (secondary N) is 3. The number of hydrogen-bond acceptors (Lipinski definition) is 16. The quantitative estimate of drug-likeness (QED) is 0.0796. The molecule has 56 heavy (non-hydrogen) atoms. The van der Waals surface area contributed by atoms with Crippen molar-refractivity contribution in [2.75, 3.05) is 25.6 Å². The van der Waals surface area contributed by atoms with Gasteiger partial charge in [-0.25, -0.2) is 4.79 Å². The highest BCUT2D eigenvalue weighted by Crippen LogP contribution is 2.45. The number of aliphatic hydroxyl groups is 4. The van der Waals surface area contributed by atoms with Crippen LogP contribution in [0, 0.1) is 0 Å². The van der Waals surface area contributed by atoms with Crippen LogP contribution in [0.15, 0.2) is 82.0 Å². The van der Waals surface area contributed by atoms with Crippen molar-refractivity contribution in [2.24, 2.45) is 0 Å². The zero-order valence-corrected chi connectivity index (χ0v) is 29.5. The molecule has 12 N–H and O–H groups in total. The summed E-state index contributed by atoms with van der Waals surface area (Å²) in [6.45, 7) is 0.386. The lowest BCUT2D eigenvalue weighted by Gasteiger charge is -2.47. The number of rotatable bonds is 13. The molecule has 0 saturated carbocycles. The molecule has 18 heteroatoms. The lowest BCUT2D eigenvalue weighted by molar-refractivity contribution is -0.307. The SMILES string of the molecule is Nc1ccc(C(O)COc2ccc(-c3cc(=O)c4c(O)c(OCc5cccc(O)c5)c(OC5OC(C(=O)O)C(O)(CC6CNCN6)C(O)C5O)cc4o3)cc2)[nH]1. The summed E-state index contributed by atoms with van der Waals surface area (Å²) in [6, 6.07) is 17.5. The van der Waals surface area contributed by atoms with Crippen molar-refractivity contribution in [3.8, 4) is 40.1 Å². The largest absolute Gasteiger partial charge is 0.508 e. The number of phenols is 2. The molecule has 2 aliphatic rings. The van der Waals surface area contributed by atoms with Crippen LogP contribution in [0.2, 0.25) is 0 Å². The molecule has 2 aromatic heterocycles. The van der Waals surface area contributed by atoms with Gasteiger partial charge in [0, 0.05) is 42.6 Å². The normalized spacial score (nSPS) is 24.2. The van der Waals surface area contributed by atoms with Gasteiger partial charge in [0.05, 0.1) is 0 Å². The Morgan fingerprint density at radius 3 is 2.50 bits per heavy atom. The number of aromatic nitrogens is 1. The highest BCUT2D eigenvalue weighted by Gasteiger charge is 2.59. The van der Waals surface area contributed by atoms with E-state index in [1.54, 1.807) is 48.5 Å². The first kappa shape index (κ1) is 38.4. The third-order valence-corrected chi connectivity index (χ3v) is 9.63. The fourth-order valence-electron chi connectivity index (χ4n) is 6.77. The molecule has 4 heterocycles. The van der Waals surface area contributed by atoms with E-state index in [2.05, 4.69) is 15.6 Å². The van der Waals surface area contributed by atoms with Crippen molar-refractivity contribution in [2.45, 2.75) is 55.4 Å². The minimum Gasteiger partial charge on any atom is -0.508 e. The van der Waals surface area contributed by atoms with Crippen LogP contribution < -0.4 is 36.0 Å². The van der Waals surface area contributed by atoms with E-state index in [-0.39, 0.29) is 42.1 Å². The second-order valence-corrected chi connectivity index (χ2v) is 13.6. The molecule has 0 bridgehead atoms. The third-order valence-electron chi connectivity index (χ3n) is 9.63. The summed E-state index contributed by atoms with van der Waals surface area (Å²) in [5, 5.41) is 81.4. The number of aromatic amines is 1. The number of benzene rings is 3. The average molecular weight is 777 g/mol. The highest BCUT2D eigenvalue weighted by molar-refractivity contribution is 5.89.